The summed E-state index contributed by atoms with van der Waals surface area (Å²) in [5, 5.41) is 18.0. The van der Waals surface area contributed by atoms with Gasteiger partial charge in [-0.05, 0) is 36.4 Å². The molecular weight excluding hydrogens is 276 g/mol. The summed E-state index contributed by atoms with van der Waals surface area (Å²) >= 11 is 0. The number of benzene rings is 2. The molecule has 6 N–H and O–H groups in total. The van der Waals surface area contributed by atoms with Gasteiger partial charge >= 0.3 is 11.9 Å². The first-order valence-corrected chi connectivity index (χ1v) is 5.82. The maximum Gasteiger partial charge on any atom is 0.336 e. The number of carbonyl (C=O) groups is 2. The van der Waals surface area contributed by atoms with Crippen molar-refractivity contribution in [3.63, 3.8) is 0 Å². The highest BCUT2D eigenvalue weighted by molar-refractivity contribution is 6.02. The molecule has 0 heterocycles. The largest absolute Gasteiger partial charge is 0.478 e. The van der Waals surface area contributed by atoms with Crippen molar-refractivity contribution in [1.29, 1.82) is 0 Å². The van der Waals surface area contributed by atoms with Crippen LogP contribution in [0.5, 0.6) is 11.5 Å². The second-order valence-electron chi connectivity index (χ2n) is 4.22. The number of anilines is 2. The van der Waals surface area contributed by atoms with Crippen LogP contribution < -0.4 is 16.2 Å². The molecular formula is C14H12N2O5. The van der Waals surface area contributed by atoms with Crippen LogP contribution in [0.15, 0.2) is 36.4 Å². The van der Waals surface area contributed by atoms with Crippen molar-refractivity contribution in [2.45, 2.75) is 0 Å². The first-order chi connectivity index (χ1) is 9.88. The summed E-state index contributed by atoms with van der Waals surface area (Å²) in [6.07, 6.45) is 0. The van der Waals surface area contributed by atoms with E-state index in [1.807, 2.05) is 0 Å². The van der Waals surface area contributed by atoms with Crippen LogP contribution in [-0.4, -0.2) is 22.2 Å². The number of nitrogen functional groups attached to an aromatic ring is 2. The summed E-state index contributed by atoms with van der Waals surface area (Å²) in [4.78, 5) is 22.0. The van der Waals surface area contributed by atoms with Crippen molar-refractivity contribution >= 4 is 23.3 Å². The Morgan fingerprint density at radius 3 is 2.14 bits per heavy atom. The zero-order valence-electron chi connectivity index (χ0n) is 10.7. The van der Waals surface area contributed by atoms with E-state index in [2.05, 4.69) is 0 Å². The molecule has 0 spiro atoms. The van der Waals surface area contributed by atoms with Crippen molar-refractivity contribution in [3.8, 4) is 11.5 Å². The molecule has 0 aliphatic rings. The highest BCUT2D eigenvalue weighted by atomic mass is 16.5. The minimum Gasteiger partial charge on any atom is -0.478 e. The summed E-state index contributed by atoms with van der Waals surface area (Å²) in [5.74, 6) is -2.23. The Morgan fingerprint density at radius 2 is 1.57 bits per heavy atom. The van der Waals surface area contributed by atoms with Gasteiger partial charge in [-0.25, -0.2) is 9.59 Å². The Hall–Kier alpha value is -3.22. The number of rotatable bonds is 4. The number of carboxylic acids is 2. The van der Waals surface area contributed by atoms with E-state index in [1.54, 1.807) is 6.07 Å². The number of hydrogen-bond acceptors (Lipinski definition) is 5. The fraction of sp³-hybridized carbons (Fsp3) is 0. The third kappa shape index (κ3) is 3.03. The second kappa shape index (κ2) is 5.41. The van der Waals surface area contributed by atoms with Crippen LogP contribution in [0, 0.1) is 0 Å². The van der Waals surface area contributed by atoms with E-state index in [9.17, 15) is 9.59 Å². The van der Waals surface area contributed by atoms with Crippen molar-refractivity contribution in [2.75, 3.05) is 11.5 Å². The van der Waals surface area contributed by atoms with Crippen LogP contribution in [0.1, 0.15) is 20.7 Å². The van der Waals surface area contributed by atoms with Crippen LogP contribution in [0.4, 0.5) is 11.4 Å². The minimum atomic E-state index is -1.36. The van der Waals surface area contributed by atoms with Gasteiger partial charge in [-0.3, -0.25) is 0 Å². The summed E-state index contributed by atoms with van der Waals surface area (Å²) in [6, 6.07) is 8.26. The third-order valence-electron chi connectivity index (χ3n) is 2.71. The van der Waals surface area contributed by atoms with E-state index in [1.165, 1.54) is 18.2 Å². The molecule has 0 saturated heterocycles. The molecule has 0 saturated carbocycles. The van der Waals surface area contributed by atoms with Gasteiger partial charge < -0.3 is 26.4 Å². The first kappa shape index (κ1) is 14.2. The van der Waals surface area contributed by atoms with Crippen LogP contribution in [0.2, 0.25) is 0 Å². The van der Waals surface area contributed by atoms with Crippen molar-refractivity contribution in [1.82, 2.24) is 0 Å². The molecule has 0 amide bonds. The SMILES string of the molecule is Nc1ccc(Oc2ccc(C(=O)O)c(C(=O)O)c2)c(N)c1. The normalized spacial score (nSPS) is 10.1. The third-order valence-corrected chi connectivity index (χ3v) is 2.71. The average Bonchev–Trinajstić information content (AvgIpc) is 2.41. The van der Waals surface area contributed by atoms with E-state index in [4.69, 9.17) is 26.4 Å². The minimum absolute atomic E-state index is 0.161. The molecule has 21 heavy (non-hydrogen) atoms. The van der Waals surface area contributed by atoms with E-state index >= 15 is 0 Å². The highest BCUT2D eigenvalue weighted by Crippen LogP contribution is 2.30. The molecule has 108 valence electrons. The smallest absolute Gasteiger partial charge is 0.336 e. The van der Waals surface area contributed by atoms with Gasteiger partial charge in [0.2, 0.25) is 0 Å². The molecule has 0 unspecified atom stereocenters. The lowest BCUT2D eigenvalue weighted by Crippen LogP contribution is -2.08. The van der Waals surface area contributed by atoms with Gasteiger partial charge in [0.05, 0.1) is 16.8 Å². The van der Waals surface area contributed by atoms with Gasteiger partial charge in [-0.15, -0.1) is 0 Å². The van der Waals surface area contributed by atoms with Crippen LogP contribution in [0.3, 0.4) is 0 Å². The summed E-state index contributed by atoms with van der Waals surface area (Å²) in [5.41, 5.74) is 11.4. The predicted octanol–water partition coefficient (Wildman–Crippen LogP) is 2.04. The Morgan fingerprint density at radius 1 is 0.905 bits per heavy atom. The molecule has 0 aliphatic heterocycles. The maximum absolute atomic E-state index is 11.1. The Labute approximate surface area is 119 Å². The average molecular weight is 288 g/mol. The first-order valence-electron chi connectivity index (χ1n) is 5.82. The number of hydrogen-bond donors (Lipinski definition) is 4. The molecule has 0 radical (unpaired) electrons. The summed E-state index contributed by atoms with van der Waals surface area (Å²) < 4.78 is 5.45. The Bertz CT molecular complexity index is 727. The number of ether oxygens (including phenoxy) is 1. The van der Waals surface area contributed by atoms with Gasteiger partial charge in [0, 0.05) is 5.69 Å². The van der Waals surface area contributed by atoms with Crippen molar-refractivity contribution in [2.24, 2.45) is 0 Å². The monoisotopic (exact) mass is 288 g/mol. The fourth-order valence-electron chi connectivity index (χ4n) is 1.74. The van der Waals surface area contributed by atoms with Crippen LogP contribution in [-0.2, 0) is 0 Å². The molecule has 0 fully saturated rings. The van der Waals surface area contributed by atoms with Gasteiger partial charge in [0.25, 0.3) is 0 Å². The number of carboxylic acid groups (broad SMARTS) is 2. The van der Waals surface area contributed by atoms with Gasteiger partial charge in [-0.1, -0.05) is 0 Å². The number of aromatic carboxylic acids is 2. The molecule has 0 bridgehead atoms. The molecule has 7 nitrogen and oxygen atoms in total. The molecule has 2 rings (SSSR count). The van der Waals surface area contributed by atoms with Gasteiger partial charge in [-0.2, -0.15) is 0 Å². The van der Waals surface area contributed by atoms with Gasteiger partial charge in [0.15, 0.2) is 0 Å². The van der Waals surface area contributed by atoms with E-state index in [0.29, 0.717) is 11.4 Å². The maximum atomic E-state index is 11.1. The van der Waals surface area contributed by atoms with E-state index < -0.39 is 11.9 Å². The lowest BCUT2D eigenvalue weighted by atomic mass is 10.1. The highest BCUT2D eigenvalue weighted by Gasteiger charge is 2.17. The zero-order valence-corrected chi connectivity index (χ0v) is 10.7. The summed E-state index contributed by atoms with van der Waals surface area (Å²) in [6.45, 7) is 0. The lowest BCUT2D eigenvalue weighted by molar-refractivity contribution is 0.0651. The fourth-order valence-corrected chi connectivity index (χ4v) is 1.74. The second-order valence-corrected chi connectivity index (χ2v) is 4.22. The predicted molar refractivity (Wildman–Crippen MR) is 75.7 cm³/mol. The molecule has 2 aromatic carbocycles. The van der Waals surface area contributed by atoms with E-state index in [-0.39, 0.29) is 22.6 Å². The van der Waals surface area contributed by atoms with E-state index in [0.717, 1.165) is 12.1 Å². The van der Waals surface area contributed by atoms with Crippen LogP contribution >= 0.6 is 0 Å². The molecule has 0 aromatic heterocycles. The molecule has 0 aliphatic carbocycles. The number of nitrogens with two attached hydrogens (primary N) is 2. The lowest BCUT2D eigenvalue weighted by Gasteiger charge is -2.10. The molecule has 2 aromatic rings. The Balaban J connectivity index is 2.39. The van der Waals surface area contributed by atoms with Gasteiger partial charge in [0.1, 0.15) is 11.5 Å². The standard InChI is InChI=1S/C14H12N2O5/c15-7-1-4-12(11(16)5-7)21-8-2-3-9(13(17)18)10(6-8)14(19)20/h1-6H,15-16H2,(H,17,18)(H,19,20). The van der Waals surface area contributed by atoms with Crippen molar-refractivity contribution < 1.29 is 24.5 Å². The quantitative estimate of drug-likeness (QED) is 0.632. The topological polar surface area (TPSA) is 136 Å². The van der Waals surface area contributed by atoms with Crippen molar-refractivity contribution in [3.05, 3.63) is 47.5 Å². The molecule has 7 heteroatoms. The Kier molecular flexibility index (Phi) is 3.66. The summed E-state index contributed by atoms with van der Waals surface area (Å²) in [7, 11) is 0. The zero-order chi connectivity index (χ0) is 15.6. The van der Waals surface area contributed by atoms with Crippen LogP contribution in [0.25, 0.3) is 0 Å². The molecule has 0 atom stereocenters.